The fraction of sp³-hybridized carbons (Fsp3) is 0.222. The number of aryl methyl sites for hydroxylation is 1. The van der Waals surface area contributed by atoms with Crippen molar-refractivity contribution in [1.82, 2.24) is 5.32 Å². The van der Waals surface area contributed by atoms with Crippen molar-refractivity contribution >= 4 is 33.3 Å². The molecule has 0 aliphatic rings. The van der Waals surface area contributed by atoms with Crippen LogP contribution in [0.1, 0.15) is 34.5 Å². The summed E-state index contributed by atoms with van der Waals surface area (Å²) in [5, 5.41) is 5.32. The van der Waals surface area contributed by atoms with Crippen molar-refractivity contribution in [3.63, 3.8) is 0 Å². The van der Waals surface area contributed by atoms with Crippen molar-refractivity contribution in [2.24, 2.45) is 5.73 Å². The Hall–Kier alpha value is -3.07. The molecule has 0 bridgehead atoms. The lowest BCUT2D eigenvalue weighted by Gasteiger charge is -2.16. The van der Waals surface area contributed by atoms with Crippen molar-refractivity contribution in [2.45, 2.75) is 19.9 Å². The Morgan fingerprint density at radius 2 is 1.70 bits per heavy atom. The minimum Gasteiger partial charge on any atom is -0.351 e. The third-order valence-electron chi connectivity index (χ3n) is 3.82. The molecule has 0 spiro atoms. The van der Waals surface area contributed by atoms with Crippen LogP contribution in [0.3, 0.4) is 0 Å². The number of hydrogen-bond acceptors (Lipinski definition) is 4. The third-order valence-corrected chi connectivity index (χ3v) is 4.41. The molecule has 144 valence electrons. The van der Waals surface area contributed by atoms with E-state index in [-0.39, 0.29) is 11.9 Å². The number of nitrogens with two attached hydrogens (primary N) is 1. The second kappa shape index (κ2) is 8.09. The van der Waals surface area contributed by atoms with E-state index in [0.717, 1.165) is 11.8 Å². The van der Waals surface area contributed by atoms with Crippen LogP contribution in [-0.2, 0) is 10.0 Å². The van der Waals surface area contributed by atoms with Gasteiger partial charge in [-0.3, -0.25) is 9.52 Å². The summed E-state index contributed by atoms with van der Waals surface area (Å²) in [5.41, 5.74) is 7.86. The minimum absolute atomic E-state index is 0.298. The molecular weight excluding hydrogens is 368 g/mol. The molecule has 8 nitrogen and oxygen atoms in total. The Balaban J connectivity index is 2.12. The molecule has 0 radical (unpaired) electrons. The first-order chi connectivity index (χ1) is 12.5. The molecule has 0 saturated heterocycles. The van der Waals surface area contributed by atoms with Crippen LogP contribution in [0.4, 0.5) is 16.2 Å². The predicted octanol–water partition coefficient (Wildman–Crippen LogP) is 2.35. The van der Waals surface area contributed by atoms with Gasteiger partial charge >= 0.3 is 6.03 Å². The highest BCUT2D eigenvalue weighted by Crippen LogP contribution is 2.20. The first-order valence-corrected chi connectivity index (χ1v) is 10.00. The van der Waals surface area contributed by atoms with Gasteiger partial charge in [0.25, 0.3) is 5.91 Å². The highest BCUT2D eigenvalue weighted by molar-refractivity contribution is 7.92. The van der Waals surface area contributed by atoms with Gasteiger partial charge in [-0.15, -0.1) is 0 Å². The molecule has 0 aliphatic heterocycles. The smallest absolute Gasteiger partial charge is 0.316 e. The Kier molecular flexibility index (Phi) is 6.06. The Morgan fingerprint density at radius 1 is 1.07 bits per heavy atom. The number of nitrogens with one attached hydrogen (secondary N) is 3. The molecule has 2 rings (SSSR count). The molecule has 0 heterocycles. The summed E-state index contributed by atoms with van der Waals surface area (Å²) in [6.45, 7) is 3.57. The zero-order chi connectivity index (χ0) is 20.2. The van der Waals surface area contributed by atoms with Crippen molar-refractivity contribution in [2.75, 3.05) is 16.3 Å². The highest BCUT2D eigenvalue weighted by Gasteiger charge is 2.14. The van der Waals surface area contributed by atoms with E-state index in [1.807, 2.05) is 6.92 Å². The van der Waals surface area contributed by atoms with Gasteiger partial charge in [0, 0.05) is 11.3 Å². The van der Waals surface area contributed by atoms with Crippen LogP contribution in [0.15, 0.2) is 42.5 Å². The molecular formula is C18H22N4O4S. The van der Waals surface area contributed by atoms with E-state index in [4.69, 9.17) is 5.73 Å². The number of carbonyl (C=O) groups is 2. The van der Waals surface area contributed by atoms with Gasteiger partial charge in [0.1, 0.15) is 0 Å². The zero-order valence-electron chi connectivity index (χ0n) is 15.2. The SMILES string of the molecule is Cc1ccc(C(=O)NC(C)c2ccc(NC(N)=O)cc2)cc1NS(C)(=O)=O. The van der Waals surface area contributed by atoms with E-state index in [1.165, 1.54) is 6.07 Å². The summed E-state index contributed by atoms with van der Waals surface area (Å²) in [4.78, 5) is 23.3. The maximum atomic E-state index is 12.5. The van der Waals surface area contributed by atoms with Gasteiger partial charge in [0.2, 0.25) is 10.0 Å². The monoisotopic (exact) mass is 390 g/mol. The standard InChI is InChI=1S/C18H22N4O4S/c1-11-4-5-14(10-16(11)22-27(3,25)26)17(23)20-12(2)13-6-8-15(9-7-13)21-18(19)24/h4-10,12,22H,1-3H3,(H,20,23)(H3,19,21,24). The number of hydrogen-bond donors (Lipinski definition) is 4. The number of rotatable bonds is 6. The quantitative estimate of drug-likeness (QED) is 0.603. The number of benzene rings is 2. The molecule has 9 heteroatoms. The van der Waals surface area contributed by atoms with Crippen LogP contribution in [-0.4, -0.2) is 26.6 Å². The summed E-state index contributed by atoms with van der Waals surface area (Å²) >= 11 is 0. The lowest BCUT2D eigenvalue weighted by Crippen LogP contribution is -2.27. The lowest BCUT2D eigenvalue weighted by molar-refractivity contribution is 0.0940. The van der Waals surface area contributed by atoms with Crippen LogP contribution in [0.25, 0.3) is 0 Å². The van der Waals surface area contributed by atoms with Gasteiger partial charge in [-0.05, 0) is 49.2 Å². The summed E-state index contributed by atoms with van der Waals surface area (Å²) in [6.07, 6.45) is 1.05. The number of sulfonamides is 1. The maximum Gasteiger partial charge on any atom is 0.316 e. The number of amides is 3. The fourth-order valence-corrected chi connectivity index (χ4v) is 3.05. The van der Waals surface area contributed by atoms with Crippen LogP contribution < -0.4 is 21.1 Å². The highest BCUT2D eigenvalue weighted by atomic mass is 32.2. The molecule has 0 aliphatic carbocycles. The molecule has 2 aromatic carbocycles. The van der Waals surface area contributed by atoms with Crippen LogP contribution in [0, 0.1) is 6.92 Å². The first-order valence-electron chi connectivity index (χ1n) is 8.11. The first kappa shape index (κ1) is 20.2. The zero-order valence-corrected chi connectivity index (χ0v) is 16.1. The number of primary amides is 1. The number of anilines is 2. The topological polar surface area (TPSA) is 130 Å². The molecule has 2 aromatic rings. The molecule has 5 N–H and O–H groups in total. The van der Waals surface area contributed by atoms with E-state index >= 15 is 0 Å². The van der Waals surface area contributed by atoms with Gasteiger partial charge < -0.3 is 16.4 Å². The van der Waals surface area contributed by atoms with E-state index in [1.54, 1.807) is 43.3 Å². The number of carbonyl (C=O) groups excluding carboxylic acids is 2. The van der Waals surface area contributed by atoms with E-state index in [2.05, 4.69) is 15.4 Å². The second-order valence-electron chi connectivity index (χ2n) is 6.21. The van der Waals surface area contributed by atoms with Gasteiger partial charge in [-0.25, -0.2) is 13.2 Å². The molecule has 0 fully saturated rings. The summed E-state index contributed by atoms with van der Waals surface area (Å²) < 4.78 is 25.3. The summed E-state index contributed by atoms with van der Waals surface area (Å²) in [7, 11) is -3.44. The molecule has 1 unspecified atom stereocenters. The molecule has 3 amide bonds. The number of urea groups is 1. The van der Waals surface area contributed by atoms with Crippen molar-refractivity contribution < 1.29 is 18.0 Å². The Morgan fingerprint density at radius 3 is 2.26 bits per heavy atom. The Labute approximate surface area is 158 Å². The van der Waals surface area contributed by atoms with Gasteiger partial charge in [0.05, 0.1) is 18.0 Å². The van der Waals surface area contributed by atoms with E-state index < -0.39 is 16.1 Å². The molecule has 27 heavy (non-hydrogen) atoms. The van der Waals surface area contributed by atoms with E-state index in [9.17, 15) is 18.0 Å². The van der Waals surface area contributed by atoms with Crippen molar-refractivity contribution in [1.29, 1.82) is 0 Å². The normalized spacial score (nSPS) is 12.1. The van der Waals surface area contributed by atoms with Crippen LogP contribution in [0.2, 0.25) is 0 Å². The van der Waals surface area contributed by atoms with Gasteiger partial charge in [0.15, 0.2) is 0 Å². The fourth-order valence-electron chi connectivity index (χ4n) is 2.43. The minimum atomic E-state index is -3.44. The molecule has 1 atom stereocenters. The third kappa shape index (κ3) is 6.00. The molecule has 0 saturated carbocycles. The average Bonchev–Trinajstić information content (AvgIpc) is 2.55. The average molecular weight is 390 g/mol. The maximum absolute atomic E-state index is 12.5. The summed E-state index contributed by atoms with van der Waals surface area (Å²) in [5.74, 6) is -0.335. The summed E-state index contributed by atoms with van der Waals surface area (Å²) in [6, 6.07) is 10.8. The van der Waals surface area contributed by atoms with Crippen LogP contribution >= 0.6 is 0 Å². The molecule has 0 aromatic heterocycles. The largest absolute Gasteiger partial charge is 0.351 e. The van der Waals surface area contributed by atoms with Crippen molar-refractivity contribution in [3.05, 3.63) is 59.2 Å². The van der Waals surface area contributed by atoms with E-state index in [0.29, 0.717) is 22.5 Å². The van der Waals surface area contributed by atoms with Gasteiger partial charge in [-0.2, -0.15) is 0 Å². The lowest BCUT2D eigenvalue weighted by atomic mass is 10.1. The van der Waals surface area contributed by atoms with Crippen molar-refractivity contribution in [3.8, 4) is 0 Å². The predicted molar refractivity (Wildman–Crippen MR) is 105 cm³/mol. The second-order valence-corrected chi connectivity index (χ2v) is 7.96. The van der Waals surface area contributed by atoms with Crippen LogP contribution in [0.5, 0.6) is 0 Å². The van der Waals surface area contributed by atoms with Gasteiger partial charge in [-0.1, -0.05) is 18.2 Å². The Bertz CT molecular complexity index is 956.